The summed E-state index contributed by atoms with van der Waals surface area (Å²) in [5, 5.41) is 14.8. The van der Waals surface area contributed by atoms with E-state index in [2.05, 4.69) is 10.6 Å². The summed E-state index contributed by atoms with van der Waals surface area (Å²) in [7, 11) is 0. The van der Waals surface area contributed by atoms with Crippen LogP contribution < -0.4 is 10.6 Å². The van der Waals surface area contributed by atoms with Crippen molar-refractivity contribution in [3.8, 4) is 6.07 Å². The Morgan fingerprint density at radius 2 is 1.95 bits per heavy atom. The number of aryl methyl sites for hydroxylation is 3. The van der Waals surface area contributed by atoms with E-state index in [1.165, 1.54) is 6.20 Å². The van der Waals surface area contributed by atoms with Gasteiger partial charge in [-0.05, 0) is 38.3 Å². The topological polar surface area (TPSA) is 64.9 Å². The quantitative estimate of drug-likeness (QED) is 0.367. The average Bonchev–Trinajstić information content (AvgIpc) is 2.42. The minimum atomic E-state index is -0.411. The van der Waals surface area contributed by atoms with Gasteiger partial charge in [0.05, 0.1) is 0 Å². The number of carbonyl (C=O) groups excluding carboxylic acids is 1. The maximum atomic E-state index is 12.1. The molecule has 0 unspecified atom stereocenters. The second-order valence-electron chi connectivity index (χ2n) is 4.89. The van der Waals surface area contributed by atoms with Crippen LogP contribution in [0.2, 0.25) is 0 Å². The predicted octanol–water partition coefficient (Wildman–Crippen LogP) is 3.18. The smallest absolute Gasteiger partial charge is 0.267 e. The Bertz CT molecular complexity index is 565. The summed E-state index contributed by atoms with van der Waals surface area (Å²) < 4.78 is 0. The van der Waals surface area contributed by atoms with Gasteiger partial charge in [0.1, 0.15) is 11.6 Å². The van der Waals surface area contributed by atoms with Crippen molar-refractivity contribution in [2.75, 3.05) is 17.7 Å². The molecule has 5 heteroatoms. The number of alkyl halides is 1. The van der Waals surface area contributed by atoms with Crippen LogP contribution in [-0.4, -0.2) is 18.3 Å². The second kappa shape index (κ2) is 8.33. The minimum absolute atomic E-state index is 0.0453. The largest absolute Gasteiger partial charge is 0.390 e. The SMILES string of the molecule is Cc1cc(C)c(NC(=O)/C(C#N)=C\NCCCCl)c(C)c1. The van der Waals surface area contributed by atoms with Crippen molar-refractivity contribution in [2.24, 2.45) is 0 Å². The maximum absolute atomic E-state index is 12.1. The number of halogens is 1. The van der Waals surface area contributed by atoms with Gasteiger partial charge in [0.25, 0.3) is 5.91 Å². The molecule has 2 N–H and O–H groups in total. The lowest BCUT2D eigenvalue weighted by atomic mass is 10.0. The van der Waals surface area contributed by atoms with Crippen molar-refractivity contribution in [2.45, 2.75) is 27.2 Å². The summed E-state index contributed by atoms with van der Waals surface area (Å²) in [4.78, 5) is 12.1. The van der Waals surface area contributed by atoms with Crippen LogP contribution >= 0.6 is 11.6 Å². The van der Waals surface area contributed by atoms with Crippen molar-refractivity contribution in [1.82, 2.24) is 5.32 Å². The first-order chi connectivity index (χ1) is 9.99. The summed E-state index contributed by atoms with van der Waals surface area (Å²) in [6, 6.07) is 5.90. The average molecular weight is 306 g/mol. The first kappa shape index (κ1) is 17.1. The summed E-state index contributed by atoms with van der Waals surface area (Å²) in [5.41, 5.74) is 3.90. The zero-order valence-electron chi connectivity index (χ0n) is 12.6. The van der Waals surface area contributed by atoms with Gasteiger partial charge in [-0.3, -0.25) is 4.79 Å². The third kappa shape index (κ3) is 5.13. The van der Waals surface area contributed by atoms with Crippen LogP contribution in [0.1, 0.15) is 23.1 Å². The van der Waals surface area contributed by atoms with Gasteiger partial charge >= 0.3 is 0 Å². The van der Waals surface area contributed by atoms with Gasteiger partial charge in [-0.2, -0.15) is 5.26 Å². The Hall–Kier alpha value is -1.99. The van der Waals surface area contributed by atoms with Crippen molar-refractivity contribution in [3.63, 3.8) is 0 Å². The number of hydrogen-bond donors (Lipinski definition) is 2. The van der Waals surface area contributed by atoms with Crippen molar-refractivity contribution < 1.29 is 4.79 Å². The zero-order valence-corrected chi connectivity index (χ0v) is 13.3. The molecule has 0 bridgehead atoms. The third-order valence-electron chi connectivity index (χ3n) is 2.98. The van der Waals surface area contributed by atoms with E-state index >= 15 is 0 Å². The van der Waals surface area contributed by atoms with E-state index in [9.17, 15) is 4.79 Å². The lowest BCUT2D eigenvalue weighted by Gasteiger charge is -2.12. The molecule has 21 heavy (non-hydrogen) atoms. The molecule has 0 heterocycles. The first-order valence-electron chi connectivity index (χ1n) is 6.78. The minimum Gasteiger partial charge on any atom is -0.390 e. The molecule has 0 saturated carbocycles. The number of anilines is 1. The van der Waals surface area contributed by atoms with Gasteiger partial charge in [-0.15, -0.1) is 11.6 Å². The number of benzene rings is 1. The Kier molecular flexibility index (Phi) is 6.77. The van der Waals surface area contributed by atoms with Crippen molar-refractivity contribution in [1.29, 1.82) is 5.26 Å². The summed E-state index contributed by atoms with van der Waals surface area (Å²) in [6.45, 7) is 6.51. The fourth-order valence-electron chi connectivity index (χ4n) is 2.05. The van der Waals surface area contributed by atoms with Gasteiger partial charge in [0, 0.05) is 24.3 Å². The molecule has 0 aliphatic heterocycles. The Balaban J connectivity index is 2.82. The van der Waals surface area contributed by atoms with E-state index in [0.29, 0.717) is 12.4 Å². The maximum Gasteiger partial charge on any atom is 0.267 e. The molecule has 0 atom stereocenters. The zero-order chi connectivity index (χ0) is 15.8. The molecular weight excluding hydrogens is 286 g/mol. The molecule has 1 rings (SSSR count). The number of amides is 1. The summed E-state index contributed by atoms with van der Waals surface area (Å²) in [6.07, 6.45) is 2.20. The lowest BCUT2D eigenvalue weighted by molar-refractivity contribution is -0.112. The number of hydrogen-bond acceptors (Lipinski definition) is 3. The van der Waals surface area contributed by atoms with Crippen LogP contribution in [0.5, 0.6) is 0 Å². The van der Waals surface area contributed by atoms with Gasteiger partial charge in [0.2, 0.25) is 0 Å². The lowest BCUT2D eigenvalue weighted by Crippen LogP contribution is -2.18. The highest BCUT2D eigenvalue weighted by atomic mass is 35.5. The number of nitriles is 1. The number of nitrogens with zero attached hydrogens (tertiary/aromatic N) is 1. The molecule has 0 aromatic heterocycles. The first-order valence-corrected chi connectivity index (χ1v) is 7.32. The van der Waals surface area contributed by atoms with E-state index in [1.807, 2.05) is 39.0 Å². The van der Waals surface area contributed by atoms with Gasteiger partial charge in [-0.1, -0.05) is 17.7 Å². The molecule has 0 aliphatic carbocycles. The highest BCUT2D eigenvalue weighted by Gasteiger charge is 2.12. The van der Waals surface area contributed by atoms with E-state index < -0.39 is 5.91 Å². The Labute approximate surface area is 130 Å². The number of carbonyl (C=O) groups is 1. The van der Waals surface area contributed by atoms with Crippen LogP contribution in [0.3, 0.4) is 0 Å². The van der Waals surface area contributed by atoms with Crippen LogP contribution in [-0.2, 0) is 4.79 Å². The molecule has 1 aromatic rings. The molecule has 0 aliphatic rings. The predicted molar refractivity (Wildman–Crippen MR) is 86.3 cm³/mol. The van der Waals surface area contributed by atoms with E-state index in [4.69, 9.17) is 16.9 Å². The Morgan fingerprint density at radius 3 is 2.48 bits per heavy atom. The normalized spacial score (nSPS) is 10.9. The highest BCUT2D eigenvalue weighted by molar-refractivity contribution is 6.17. The molecule has 4 nitrogen and oxygen atoms in total. The molecule has 0 radical (unpaired) electrons. The fourth-order valence-corrected chi connectivity index (χ4v) is 2.18. The molecule has 1 amide bonds. The van der Waals surface area contributed by atoms with Gasteiger partial charge in [0.15, 0.2) is 0 Å². The summed E-state index contributed by atoms with van der Waals surface area (Å²) >= 11 is 5.56. The molecule has 112 valence electrons. The Morgan fingerprint density at radius 1 is 1.33 bits per heavy atom. The molecular formula is C16H20ClN3O. The third-order valence-corrected chi connectivity index (χ3v) is 3.25. The van der Waals surface area contributed by atoms with E-state index in [0.717, 1.165) is 28.8 Å². The highest BCUT2D eigenvalue weighted by Crippen LogP contribution is 2.22. The van der Waals surface area contributed by atoms with Gasteiger partial charge < -0.3 is 10.6 Å². The standard InChI is InChI=1S/C16H20ClN3O/c1-11-7-12(2)15(13(3)8-11)20-16(21)14(9-18)10-19-6-4-5-17/h7-8,10,19H,4-6H2,1-3H3,(H,20,21)/b14-10-. The summed E-state index contributed by atoms with van der Waals surface area (Å²) in [5.74, 6) is 0.127. The van der Waals surface area contributed by atoms with Crippen LogP contribution in [0.4, 0.5) is 5.69 Å². The number of rotatable bonds is 6. The van der Waals surface area contributed by atoms with Crippen molar-refractivity contribution >= 4 is 23.2 Å². The number of nitrogens with one attached hydrogen (secondary N) is 2. The van der Waals surface area contributed by atoms with Crippen LogP contribution in [0.25, 0.3) is 0 Å². The van der Waals surface area contributed by atoms with Crippen LogP contribution in [0, 0.1) is 32.1 Å². The van der Waals surface area contributed by atoms with E-state index in [-0.39, 0.29) is 5.57 Å². The fraction of sp³-hybridized carbons (Fsp3) is 0.375. The monoisotopic (exact) mass is 305 g/mol. The molecule has 0 spiro atoms. The van der Waals surface area contributed by atoms with Crippen molar-refractivity contribution in [3.05, 3.63) is 40.6 Å². The molecule has 0 saturated heterocycles. The molecule has 0 fully saturated rings. The van der Waals surface area contributed by atoms with Gasteiger partial charge in [-0.25, -0.2) is 0 Å². The second-order valence-corrected chi connectivity index (χ2v) is 5.27. The van der Waals surface area contributed by atoms with E-state index in [1.54, 1.807) is 0 Å². The van der Waals surface area contributed by atoms with Crippen LogP contribution in [0.15, 0.2) is 23.9 Å². The molecule has 1 aromatic carbocycles.